The Morgan fingerprint density at radius 3 is 1.00 bits per heavy atom. The van der Waals surface area contributed by atoms with Crippen molar-refractivity contribution in [3.8, 4) is 0 Å². The van der Waals surface area contributed by atoms with E-state index in [1.807, 2.05) is 50.2 Å². The lowest BCUT2D eigenvalue weighted by molar-refractivity contribution is 0.0872. The van der Waals surface area contributed by atoms with Crippen LogP contribution in [0.4, 0.5) is 11.4 Å². The summed E-state index contributed by atoms with van der Waals surface area (Å²) >= 11 is 0. The van der Waals surface area contributed by atoms with Gasteiger partial charge in [-0.1, -0.05) is 65.8 Å². The maximum Gasteiger partial charge on any atom is 0.265 e. The van der Waals surface area contributed by atoms with Gasteiger partial charge in [-0.05, 0) is 83.3 Å². The Bertz CT molecular complexity index is 1690. The summed E-state index contributed by atoms with van der Waals surface area (Å²) in [6.45, 7) is 16.2. The van der Waals surface area contributed by atoms with Gasteiger partial charge in [-0.15, -0.1) is 0 Å². The maximum absolute atomic E-state index is 14.0. The average Bonchev–Trinajstić information content (AvgIpc) is 2.91. The molecular weight excluding hydrogens is 524 g/mol. The first-order valence-electron chi connectivity index (χ1n) is 14.2. The summed E-state index contributed by atoms with van der Waals surface area (Å²) in [5, 5.41) is 0.727. The summed E-state index contributed by atoms with van der Waals surface area (Å²) in [5.41, 5.74) is 5.49. The number of carbonyl (C=O) groups is 4. The molecule has 2 aliphatic rings. The number of hydrogen-bond donors (Lipinski definition) is 0. The highest BCUT2D eigenvalue weighted by molar-refractivity contribution is 6.42. The van der Waals surface area contributed by atoms with E-state index in [2.05, 4.69) is 41.5 Å². The number of hydrogen-bond acceptors (Lipinski definition) is 4. The van der Waals surface area contributed by atoms with Gasteiger partial charge in [0.25, 0.3) is 23.6 Å². The number of nitrogens with zero attached hydrogens (tertiary/aromatic N) is 2. The highest BCUT2D eigenvalue weighted by Gasteiger charge is 2.41. The first-order chi connectivity index (χ1) is 19.6. The first-order valence-corrected chi connectivity index (χ1v) is 14.2. The minimum atomic E-state index is -0.471. The SMILES string of the molecule is Cc1ccc(C(C)(C)C)cc1N1C(=O)c2ccc3c4c(ccc(c24)C1=O)C(=O)N(c1cc(C(C)(C)C)ccc1C)C3=O. The molecule has 0 aromatic heterocycles. The van der Waals surface area contributed by atoms with Crippen molar-refractivity contribution in [2.24, 2.45) is 0 Å². The molecule has 0 unspecified atom stereocenters. The van der Waals surface area contributed by atoms with E-state index in [4.69, 9.17) is 0 Å². The molecule has 0 spiro atoms. The Morgan fingerprint density at radius 1 is 0.452 bits per heavy atom. The zero-order valence-electron chi connectivity index (χ0n) is 25.3. The molecule has 0 saturated heterocycles. The van der Waals surface area contributed by atoms with Gasteiger partial charge >= 0.3 is 0 Å². The van der Waals surface area contributed by atoms with Crippen molar-refractivity contribution in [2.75, 3.05) is 9.80 Å². The number of imide groups is 2. The molecule has 6 heteroatoms. The summed E-state index contributed by atoms with van der Waals surface area (Å²) in [7, 11) is 0. The van der Waals surface area contributed by atoms with Crippen LogP contribution in [-0.2, 0) is 10.8 Å². The molecule has 0 atom stereocenters. The molecule has 0 radical (unpaired) electrons. The number of aryl methyl sites for hydroxylation is 2. The van der Waals surface area contributed by atoms with E-state index in [9.17, 15) is 19.2 Å². The molecule has 2 heterocycles. The second kappa shape index (κ2) is 8.96. The molecule has 6 nitrogen and oxygen atoms in total. The molecular formula is C36H34N2O4. The predicted octanol–water partition coefficient (Wildman–Crippen LogP) is 7.65. The summed E-state index contributed by atoms with van der Waals surface area (Å²) < 4.78 is 0. The Morgan fingerprint density at radius 2 is 0.738 bits per heavy atom. The van der Waals surface area contributed by atoms with Gasteiger partial charge in [0.1, 0.15) is 0 Å². The van der Waals surface area contributed by atoms with Crippen LogP contribution in [0.25, 0.3) is 10.8 Å². The van der Waals surface area contributed by atoms with Gasteiger partial charge in [0.05, 0.1) is 11.4 Å². The Kier molecular flexibility index (Phi) is 5.88. The highest BCUT2D eigenvalue weighted by atomic mass is 16.2. The van der Waals surface area contributed by atoms with Crippen molar-refractivity contribution >= 4 is 45.8 Å². The van der Waals surface area contributed by atoms with E-state index in [0.29, 0.717) is 44.4 Å². The Hall–Kier alpha value is -4.58. The van der Waals surface area contributed by atoms with Crippen LogP contribution in [0.3, 0.4) is 0 Å². The fraction of sp³-hybridized carbons (Fsp3) is 0.278. The lowest BCUT2D eigenvalue weighted by Crippen LogP contribution is -2.44. The molecule has 4 aromatic carbocycles. The predicted molar refractivity (Wildman–Crippen MR) is 166 cm³/mol. The number of benzene rings is 4. The molecule has 0 N–H and O–H groups in total. The quantitative estimate of drug-likeness (QED) is 0.237. The maximum atomic E-state index is 14.0. The van der Waals surface area contributed by atoms with Gasteiger partial charge in [0, 0.05) is 33.0 Å². The number of amides is 4. The molecule has 6 rings (SSSR count). The van der Waals surface area contributed by atoms with Crippen molar-refractivity contribution < 1.29 is 19.2 Å². The topological polar surface area (TPSA) is 74.8 Å². The molecule has 42 heavy (non-hydrogen) atoms. The zero-order chi connectivity index (χ0) is 30.5. The summed E-state index contributed by atoms with van der Waals surface area (Å²) in [5.74, 6) is -1.88. The van der Waals surface area contributed by atoms with E-state index in [1.54, 1.807) is 24.3 Å². The van der Waals surface area contributed by atoms with Crippen LogP contribution in [0, 0.1) is 13.8 Å². The van der Waals surface area contributed by atoms with Crippen LogP contribution in [0.5, 0.6) is 0 Å². The van der Waals surface area contributed by atoms with E-state index in [0.717, 1.165) is 22.3 Å². The third kappa shape index (κ3) is 3.92. The van der Waals surface area contributed by atoms with E-state index >= 15 is 0 Å². The lowest BCUT2D eigenvalue weighted by Gasteiger charge is -2.33. The fourth-order valence-electron chi connectivity index (χ4n) is 5.95. The van der Waals surface area contributed by atoms with Gasteiger partial charge in [0.2, 0.25) is 0 Å². The highest BCUT2D eigenvalue weighted by Crippen LogP contribution is 2.42. The number of anilines is 2. The molecule has 2 aliphatic heterocycles. The van der Waals surface area contributed by atoms with Crippen molar-refractivity contribution in [1.29, 1.82) is 0 Å². The zero-order valence-corrected chi connectivity index (χ0v) is 25.3. The normalized spacial score (nSPS) is 15.2. The third-order valence-corrected chi connectivity index (χ3v) is 8.53. The monoisotopic (exact) mass is 558 g/mol. The Labute approximate surface area is 245 Å². The Balaban J connectivity index is 1.52. The summed E-state index contributed by atoms with van der Waals surface area (Å²) in [6, 6.07) is 18.1. The van der Waals surface area contributed by atoms with Crippen LogP contribution in [0.2, 0.25) is 0 Å². The smallest absolute Gasteiger partial charge is 0.265 e. The standard InChI is InChI=1S/C36H34N2O4/c1-19-9-11-21(35(3,4)5)17-27(19)37-31(39)23-13-15-25-30-26(16-14-24(29(23)30)32(37)40)34(42)38(33(25)41)28-18-22(36(6,7)8)12-10-20(28)2/h9-18H,1-8H3. The van der Waals surface area contributed by atoms with E-state index in [1.165, 1.54) is 9.80 Å². The molecule has 0 saturated carbocycles. The van der Waals surface area contributed by atoms with Crippen LogP contribution in [-0.4, -0.2) is 23.6 Å². The van der Waals surface area contributed by atoms with Gasteiger partial charge in [-0.2, -0.15) is 0 Å². The van der Waals surface area contributed by atoms with Gasteiger partial charge in [0.15, 0.2) is 0 Å². The van der Waals surface area contributed by atoms with Crippen molar-refractivity contribution in [3.63, 3.8) is 0 Å². The van der Waals surface area contributed by atoms with Gasteiger partial charge in [-0.3, -0.25) is 19.2 Å². The lowest BCUT2D eigenvalue weighted by atomic mass is 9.83. The molecule has 212 valence electrons. The molecule has 0 bridgehead atoms. The van der Waals surface area contributed by atoms with Crippen molar-refractivity contribution in [1.82, 2.24) is 0 Å². The molecule has 4 aromatic rings. The minimum Gasteiger partial charge on any atom is -0.268 e. The second-order valence-corrected chi connectivity index (χ2v) is 13.5. The van der Waals surface area contributed by atoms with Gasteiger partial charge < -0.3 is 0 Å². The second-order valence-electron chi connectivity index (χ2n) is 13.5. The third-order valence-electron chi connectivity index (χ3n) is 8.53. The van der Waals surface area contributed by atoms with Crippen LogP contribution >= 0.6 is 0 Å². The summed E-state index contributed by atoms with van der Waals surface area (Å²) in [4.78, 5) is 58.5. The number of carbonyl (C=O) groups excluding carboxylic acids is 4. The largest absolute Gasteiger partial charge is 0.268 e. The molecule has 0 fully saturated rings. The minimum absolute atomic E-state index is 0.180. The van der Waals surface area contributed by atoms with Crippen LogP contribution < -0.4 is 9.80 Å². The first kappa shape index (κ1) is 27.6. The van der Waals surface area contributed by atoms with Crippen molar-refractivity contribution in [3.05, 3.63) is 105 Å². The van der Waals surface area contributed by atoms with Crippen molar-refractivity contribution in [2.45, 2.75) is 66.2 Å². The van der Waals surface area contributed by atoms with E-state index < -0.39 is 23.6 Å². The number of rotatable bonds is 2. The van der Waals surface area contributed by atoms with Crippen LogP contribution in [0.15, 0.2) is 60.7 Å². The van der Waals surface area contributed by atoms with Crippen LogP contribution in [0.1, 0.15) is 105 Å². The fourth-order valence-corrected chi connectivity index (χ4v) is 5.95. The average molecular weight is 559 g/mol. The van der Waals surface area contributed by atoms with Gasteiger partial charge in [-0.25, -0.2) is 9.80 Å². The molecule has 0 aliphatic carbocycles. The molecule has 4 amide bonds. The summed E-state index contributed by atoms with van der Waals surface area (Å²) in [6.07, 6.45) is 0. The van der Waals surface area contributed by atoms with E-state index in [-0.39, 0.29) is 10.8 Å².